The summed E-state index contributed by atoms with van der Waals surface area (Å²) in [5.74, 6) is 0.536. The first kappa shape index (κ1) is 17.1. The first-order chi connectivity index (χ1) is 12.1. The number of methoxy groups -OCH3 is 1. The number of carbonyl (C=O) groups excluding carboxylic acids is 1. The zero-order chi connectivity index (χ0) is 18.0. The van der Waals surface area contributed by atoms with Gasteiger partial charge in [-0.25, -0.2) is 4.68 Å². The summed E-state index contributed by atoms with van der Waals surface area (Å²) in [7, 11) is 3.42. The molecule has 25 heavy (non-hydrogen) atoms. The van der Waals surface area contributed by atoms with Gasteiger partial charge in [0.25, 0.3) is 0 Å². The van der Waals surface area contributed by atoms with E-state index in [0.717, 1.165) is 39.6 Å². The molecule has 0 bridgehead atoms. The Balaban J connectivity index is 2.15. The van der Waals surface area contributed by atoms with Gasteiger partial charge in [-0.15, -0.1) is 5.10 Å². The molecule has 0 saturated carbocycles. The number of rotatable bonds is 6. The Morgan fingerprint density at radius 2 is 2.08 bits per heavy atom. The summed E-state index contributed by atoms with van der Waals surface area (Å²) in [6, 6.07) is 9.79. The molecule has 0 aliphatic heterocycles. The monoisotopic (exact) mass is 339 g/mol. The van der Waals surface area contributed by atoms with Crippen LogP contribution in [0.4, 0.5) is 0 Å². The number of hydrogen-bond acceptors (Lipinski definition) is 5. The van der Waals surface area contributed by atoms with Crippen LogP contribution in [0.3, 0.4) is 0 Å². The minimum absolute atomic E-state index is 0.0278. The number of carbonyl (C=O) groups is 1. The second kappa shape index (κ2) is 7.03. The van der Waals surface area contributed by atoms with Crippen molar-refractivity contribution in [2.45, 2.75) is 25.9 Å². The van der Waals surface area contributed by atoms with Gasteiger partial charge in [-0.3, -0.25) is 0 Å². The first-order valence-electron chi connectivity index (χ1n) is 8.10. The number of aryl methyl sites for hydroxylation is 2. The van der Waals surface area contributed by atoms with Crippen LogP contribution in [0.2, 0.25) is 0 Å². The van der Waals surface area contributed by atoms with E-state index in [4.69, 9.17) is 4.74 Å². The summed E-state index contributed by atoms with van der Waals surface area (Å²) in [5, 5.41) is 17.8. The van der Waals surface area contributed by atoms with Crippen molar-refractivity contribution in [1.29, 1.82) is 0 Å². The van der Waals surface area contributed by atoms with Crippen LogP contribution in [0.15, 0.2) is 30.3 Å². The lowest BCUT2D eigenvalue weighted by molar-refractivity contribution is -0.108. The maximum absolute atomic E-state index is 11.3. The average molecular weight is 339 g/mol. The normalized spacial score (nSPS) is 12.3. The molecule has 1 aromatic heterocycles. The lowest BCUT2D eigenvalue weighted by atomic mass is 9.87. The van der Waals surface area contributed by atoms with E-state index in [1.807, 2.05) is 44.3 Å². The third-order valence-corrected chi connectivity index (χ3v) is 4.59. The summed E-state index contributed by atoms with van der Waals surface area (Å²) < 4.78 is 7.18. The smallest absolute Gasteiger partial charge is 0.146 e. The van der Waals surface area contributed by atoms with Crippen molar-refractivity contribution in [3.05, 3.63) is 52.6 Å². The topological polar surface area (TPSA) is 77.2 Å². The molecule has 3 aromatic rings. The molecular weight excluding hydrogens is 318 g/mol. The molecule has 6 nitrogen and oxygen atoms in total. The quantitative estimate of drug-likeness (QED) is 0.698. The predicted molar refractivity (Wildman–Crippen MR) is 94.7 cm³/mol. The Morgan fingerprint density at radius 1 is 1.28 bits per heavy atom. The van der Waals surface area contributed by atoms with E-state index in [2.05, 4.69) is 10.3 Å². The van der Waals surface area contributed by atoms with Gasteiger partial charge in [0.15, 0.2) is 0 Å². The van der Waals surface area contributed by atoms with Gasteiger partial charge in [-0.2, -0.15) is 0 Å². The molecule has 0 radical (unpaired) electrons. The number of hydrogen-bond donors (Lipinski definition) is 1. The predicted octanol–water partition coefficient (Wildman–Crippen LogP) is 2.50. The van der Waals surface area contributed by atoms with Crippen LogP contribution in [0.1, 0.15) is 34.6 Å². The molecule has 0 spiro atoms. The van der Waals surface area contributed by atoms with Crippen molar-refractivity contribution in [3.63, 3.8) is 0 Å². The zero-order valence-corrected chi connectivity index (χ0v) is 14.6. The highest BCUT2D eigenvalue weighted by Crippen LogP contribution is 2.34. The fourth-order valence-corrected chi connectivity index (χ4v) is 3.17. The Bertz CT molecular complexity index is 918. The summed E-state index contributed by atoms with van der Waals surface area (Å²) in [5.41, 5.74) is 5.34. The molecule has 6 heteroatoms. The Labute approximate surface area is 146 Å². The summed E-state index contributed by atoms with van der Waals surface area (Å²) >= 11 is 0. The van der Waals surface area contributed by atoms with Crippen molar-refractivity contribution in [3.8, 4) is 5.75 Å². The van der Waals surface area contributed by atoms with E-state index in [0.29, 0.717) is 12.2 Å². The van der Waals surface area contributed by atoms with E-state index < -0.39 is 0 Å². The van der Waals surface area contributed by atoms with Crippen molar-refractivity contribution >= 4 is 17.3 Å². The zero-order valence-electron chi connectivity index (χ0n) is 14.6. The van der Waals surface area contributed by atoms with Gasteiger partial charge in [-0.05, 0) is 41.3 Å². The van der Waals surface area contributed by atoms with Gasteiger partial charge in [0.1, 0.15) is 23.1 Å². The highest BCUT2D eigenvalue weighted by Gasteiger charge is 2.19. The van der Waals surface area contributed by atoms with Gasteiger partial charge in [0.2, 0.25) is 0 Å². The molecule has 2 aromatic carbocycles. The highest BCUT2D eigenvalue weighted by atomic mass is 16.5. The van der Waals surface area contributed by atoms with E-state index in [-0.39, 0.29) is 12.5 Å². The molecule has 1 atom stereocenters. The minimum Gasteiger partial charge on any atom is -0.494 e. The maximum Gasteiger partial charge on any atom is 0.146 e. The summed E-state index contributed by atoms with van der Waals surface area (Å²) in [4.78, 5) is 11.3. The molecule has 0 fully saturated rings. The van der Waals surface area contributed by atoms with E-state index in [1.165, 1.54) is 0 Å². The number of aldehydes is 1. The van der Waals surface area contributed by atoms with Crippen LogP contribution < -0.4 is 4.74 Å². The first-order valence-corrected chi connectivity index (χ1v) is 8.10. The Morgan fingerprint density at radius 3 is 2.76 bits per heavy atom. The molecule has 1 heterocycles. The third-order valence-electron chi connectivity index (χ3n) is 4.59. The van der Waals surface area contributed by atoms with Crippen LogP contribution in [0.25, 0.3) is 11.0 Å². The number of nitrogens with zero attached hydrogens (tertiary/aromatic N) is 3. The number of aliphatic hydroxyl groups is 1. The highest BCUT2D eigenvalue weighted by molar-refractivity contribution is 5.82. The molecule has 0 amide bonds. The van der Waals surface area contributed by atoms with Gasteiger partial charge in [-0.1, -0.05) is 23.4 Å². The molecule has 1 N–H and O–H groups in total. The summed E-state index contributed by atoms with van der Waals surface area (Å²) in [6.07, 6.45) is 1.25. The Hall–Kier alpha value is -2.73. The maximum atomic E-state index is 11.3. The van der Waals surface area contributed by atoms with Crippen molar-refractivity contribution in [2.24, 2.45) is 7.05 Å². The number of fused-ring (bicyclic) bond motifs is 1. The fraction of sp³-hybridized carbons (Fsp3) is 0.316. The summed E-state index contributed by atoms with van der Waals surface area (Å²) in [6.45, 7) is 1.93. The number of aliphatic hydroxyl groups excluding tert-OH is 1. The number of aromatic nitrogens is 3. The van der Waals surface area contributed by atoms with Crippen LogP contribution in [0.5, 0.6) is 5.75 Å². The van der Waals surface area contributed by atoms with Crippen LogP contribution in [-0.4, -0.2) is 33.5 Å². The van der Waals surface area contributed by atoms with Crippen molar-refractivity contribution in [2.75, 3.05) is 7.11 Å². The molecule has 0 aliphatic carbocycles. The van der Waals surface area contributed by atoms with Crippen LogP contribution in [0, 0.1) is 6.92 Å². The average Bonchev–Trinajstić information content (AvgIpc) is 3.00. The standard InChI is InChI=1S/C19H21N3O3/c1-12-4-5-13(8-15(12)11-24)16(6-7-23)14-9-17-19(18(10-14)25-3)22(2)21-20-17/h4-5,7-10,16,24H,6,11H2,1-3H3. The van der Waals surface area contributed by atoms with Crippen molar-refractivity contribution < 1.29 is 14.6 Å². The van der Waals surface area contributed by atoms with Gasteiger partial charge < -0.3 is 14.6 Å². The molecule has 130 valence electrons. The van der Waals surface area contributed by atoms with Gasteiger partial charge in [0.05, 0.1) is 13.7 Å². The third kappa shape index (κ3) is 3.13. The van der Waals surface area contributed by atoms with Gasteiger partial charge in [0, 0.05) is 19.4 Å². The minimum atomic E-state index is -0.135. The number of benzene rings is 2. The number of ether oxygens (including phenoxy) is 1. The molecule has 0 aliphatic rings. The largest absolute Gasteiger partial charge is 0.494 e. The molecule has 0 saturated heterocycles. The molecule has 1 unspecified atom stereocenters. The van der Waals surface area contributed by atoms with Crippen LogP contribution >= 0.6 is 0 Å². The lowest BCUT2D eigenvalue weighted by Gasteiger charge is -2.18. The molecular formula is C19H21N3O3. The second-order valence-electron chi connectivity index (χ2n) is 6.10. The SMILES string of the molecule is COc1cc(C(CC=O)c2ccc(C)c(CO)c2)cc2nnn(C)c12. The van der Waals surface area contributed by atoms with E-state index in [1.54, 1.807) is 11.8 Å². The van der Waals surface area contributed by atoms with Gasteiger partial charge >= 0.3 is 0 Å². The fourth-order valence-electron chi connectivity index (χ4n) is 3.17. The molecule has 3 rings (SSSR count). The van der Waals surface area contributed by atoms with Crippen LogP contribution in [-0.2, 0) is 18.4 Å². The van der Waals surface area contributed by atoms with E-state index in [9.17, 15) is 9.90 Å². The lowest BCUT2D eigenvalue weighted by Crippen LogP contribution is -2.05. The van der Waals surface area contributed by atoms with E-state index >= 15 is 0 Å². The second-order valence-corrected chi connectivity index (χ2v) is 6.10. The van der Waals surface area contributed by atoms with Crippen molar-refractivity contribution in [1.82, 2.24) is 15.0 Å². The Kier molecular flexibility index (Phi) is 4.81.